The predicted octanol–water partition coefficient (Wildman–Crippen LogP) is 3.05. The number of benzene rings is 1. The van der Waals surface area contributed by atoms with Crippen molar-refractivity contribution in [1.29, 1.82) is 0 Å². The van der Waals surface area contributed by atoms with Crippen LogP contribution in [0, 0.1) is 6.92 Å². The highest BCUT2D eigenvalue weighted by molar-refractivity contribution is 7.89. The Morgan fingerprint density at radius 1 is 1.25 bits per heavy atom. The fraction of sp³-hybridized carbons (Fsp3) is 0.312. The second-order valence-electron chi connectivity index (χ2n) is 5.18. The van der Waals surface area contributed by atoms with Crippen molar-refractivity contribution in [3.05, 3.63) is 58.9 Å². The molecular formula is C16H19NO2S. The first-order valence-corrected chi connectivity index (χ1v) is 7.99. The Hall–Kier alpha value is -1.61. The van der Waals surface area contributed by atoms with Crippen LogP contribution in [0.2, 0.25) is 0 Å². The lowest BCUT2D eigenvalue weighted by atomic mass is 10.2. The van der Waals surface area contributed by atoms with Crippen LogP contribution in [0.5, 0.6) is 0 Å². The van der Waals surface area contributed by atoms with Crippen LogP contribution in [0.3, 0.4) is 0 Å². The molecule has 0 amide bonds. The second-order valence-corrected chi connectivity index (χ2v) is 7.12. The van der Waals surface area contributed by atoms with Gasteiger partial charge in [-0.3, -0.25) is 0 Å². The molecule has 20 heavy (non-hydrogen) atoms. The third-order valence-corrected chi connectivity index (χ3v) is 4.95. The number of nitrogens with zero attached hydrogens (tertiary/aromatic N) is 1. The Morgan fingerprint density at radius 2 is 1.90 bits per heavy atom. The van der Waals surface area contributed by atoms with Crippen LogP contribution in [0.25, 0.3) is 0 Å². The van der Waals surface area contributed by atoms with Gasteiger partial charge in [0.1, 0.15) is 0 Å². The third-order valence-electron chi connectivity index (χ3n) is 3.12. The molecule has 0 saturated heterocycles. The minimum absolute atomic E-state index is 0.351. The molecule has 0 N–H and O–H groups in total. The minimum atomic E-state index is -3.40. The summed E-state index contributed by atoms with van der Waals surface area (Å²) in [5, 5.41) is 0. The largest absolute Gasteiger partial charge is 0.243 e. The number of aryl methyl sites for hydroxylation is 1. The Kier molecular flexibility index (Phi) is 4.29. The standard InChI is InChI=1S/C16H19NO2S/c1-13(2)4-7-15-10-11-17(12-15)20(18,19)16-8-5-14(3)6-9-16/h5-10H,11-12H2,1-3H3. The molecule has 0 radical (unpaired) electrons. The molecule has 0 unspecified atom stereocenters. The van der Waals surface area contributed by atoms with Crippen molar-refractivity contribution in [3.63, 3.8) is 0 Å². The number of hydrogen-bond donors (Lipinski definition) is 0. The van der Waals surface area contributed by atoms with E-state index in [2.05, 4.69) is 5.73 Å². The topological polar surface area (TPSA) is 37.4 Å². The normalized spacial score (nSPS) is 15.7. The van der Waals surface area contributed by atoms with Crippen LogP contribution in [-0.4, -0.2) is 25.8 Å². The zero-order valence-corrected chi connectivity index (χ0v) is 12.9. The highest BCUT2D eigenvalue weighted by Gasteiger charge is 2.27. The number of rotatable bonds is 3. The fourth-order valence-electron chi connectivity index (χ4n) is 1.94. The van der Waals surface area contributed by atoms with Gasteiger partial charge in [0.15, 0.2) is 0 Å². The molecule has 0 aromatic heterocycles. The maximum atomic E-state index is 12.5. The van der Waals surface area contributed by atoms with Crippen molar-refractivity contribution in [2.24, 2.45) is 0 Å². The monoisotopic (exact) mass is 289 g/mol. The third kappa shape index (κ3) is 3.28. The van der Waals surface area contributed by atoms with Crippen molar-refractivity contribution >= 4 is 10.0 Å². The summed E-state index contributed by atoms with van der Waals surface area (Å²) in [4.78, 5) is 0.351. The van der Waals surface area contributed by atoms with E-state index in [4.69, 9.17) is 0 Å². The number of hydrogen-bond acceptors (Lipinski definition) is 2. The molecule has 0 spiro atoms. The lowest BCUT2D eigenvalue weighted by Crippen LogP contribution is -2.29. The van der Waals surface area contributed by atoms with E-state index in [1.165, 1.54) is 4.31 Å². The SMILES string of the molecule is CC(C)=C=CC1=CCN(S(=O)(=O)c2ccc(C)cc2)C1. The summed E-state index contributed by atoms with van der Waals surface area (Å²) in [5.41, 5.74) is 6.22. The lowest BCUT2D eigenvalue weighted by Gasteiger charge is -2.16. The Balaban J connectivity index is 2.18. The molecule has 3 nitrogen and oxygen atoms in total. The van der Waals surface area contributed by atoms with Crippen molar-refractivity contribution < 1.29 is 8.42 Å². The molecule has 0 atom stereocenters. The van der Waals surface area contributed by atoms with Crippen LogP contribution >= 0.6 is 0 Å². The first-order valence-electron chi connectivity index (χ1n) is 6.55. The number of sulfonamides is 1. The van der Waals surface area contributed by atoms with Gasteiger partial charge in [0.05, 0.1) is 4.90 Å². The smallest absolute Gasteiger partial charge is 0.207 e. The van der Waals surface area contributed by atoms with E-state index >= 15 is 0 Å². The van der Waals surface area contributed by atoms with Crippen molar-refractivity contribution in [3.8, 4) is 0 Å². The second kappa shape index (κ2) is 5.80. The van der Waals surface area contributed by atoms with E-state index in [9.17, 15) is 8.42 Å². The molecule has 106 valence electrons. The summed E-state index contributed by atoms with van der Waals surface area (Å²) in [5.74, 6) is 0. The minimum Gasteiger partial charge on any atom is -0.207 e. The van der Waals surface area contributed by atoms with Gasteiger partial charge in [0.2, 0.25) is 10.0 Å². The van der Waals surface area contributed by atoms with Crippen molar-refractivity contribution in [1.82, 2.24) is 4.31 Å². The van der Waals surface area contributed by atoms with E-state index < -0.39 is 10.0 Å². The summed E-state index contributed by atoms with van der Waals surface area (Å²) < 4.78 is 26.4. The van der Waals surface area contributed by atoms with Crippen LogP contribution in [0.4, 0.5) is 0 Å². The van der Waals surface area contributed by atoms with Gasteiger partial charge in [0.25, 0.3) is 0 Å². The van der Waals surface area contributed by atoms with E-state index in [1.807, 2.05) is 45.1 Å². The van der Waals surface area contributed by atoms with Crippen LogP contribution in [0.15, 0.2) is 58.2 Å². The summed E-state index contributed by atoms with van der Waals surface area (Å²) >= 11 is 0. The maximum Gasteiger partial charge on any atom is 0.243 e. The zero-order valence-electron chi connectivity index (χ0n) is 12.1. The molecule has 1 heterocycles. The Morgan fingerprint density at radius 3 is 2.50 bits per heavy atom. The summed E-state index contributed by atoms with van der Waals surface area (Å²) in [6.07, 6.45) is 3.79. The van der Waals surface area contributed by atoms with Gasteiger partial charge in [-0.2, -0.15) is 4.31 Å². The first-order chi connectivity index (χ1) is 9.39. The average molecular weight is 289 g/mol. The van der Waals surface area contributed by atoms with E-state index in [1.54, 1.807) is 12.1 Å². The Bertz CT molecular complexity index is 686. The van der Waals surface area contributed by atoms with Crippen LogP contribution in [-0.2, 0) is 10.0 Å². The Labute approximate surface area is 121 Å². The van der Waals surface area contributed by atoms with Gasteiger partial charge in [-0.15, -0.1) is 5.73 Å². The first kappa shape index (κ1) is 14.8. The van der Waals surface area contributed by atoms with Gasteiger partial charge < -0.3 is 0 Å². The fourth-order valence-corrected chi connectivity index (χ4v) is 3.30. The molecule has 1 aromatic carbocycles. The molecule has 4 heteroatoms. The molecule has 1 aromatic rings. The quantitative estimate of drug-likeness (QED) is 0.802. The van der Waals surface area contributed by atoms with E-state index in [-0.39, 0.29) is 0 Å². The van der Waals surface area contributed by atoms with Crippen LogP contribution < -0.4 is 0 Å². The van der Waals surface area contributed by atoms with Crippen LogP contribution in [0.1, 0.15) is 19.4 Å². The molecule has 1 aliphatic rings. The van der Waals surface area contributed by atoms with Crippen molar-refractivity contribution in [2.75, 3.05) is 13.1 Å². The average Bonchev–Trinajstić information content (AvgIpc) is 2.86. The summed E-state index contributed by atoms with van der Waals surface area (Å²) in [6, 6.07) is 6.96. The van der Waals surface area contributed by atoms with Gasteiger partial charge in [0, 0.05) is 13.1 Å². The predicted molar refractivity (Wildman–Crippen MR) is 81.0 cm³/mol. The zero-order chi connectivity index (χ0) is 14.8. The van der Waals surface area contributed by atoms with Gasteiger partial charge in [-0.05, 0) is 50.1 Å². The van der Waals surface area contributed by atoms with E-state index in [0.717, 1.165) is 16.7 Å². The van der Waals surface area contributed by atoms with Gasteiger partial charge in [-0.1, -0.05) is 23.8 Å². The molecule has 0 fully saturated rings. The molecule has 0 aliphatic carbocycles. The molecule has 0 bridgehead atoms. The summed E-state index contributed by atoms with van der Waals surface area (Å²) in [6.45, 7) is 6.71. The summed E-state index contributed by atoms with van der Waals surface area (Å²) in [7, 11) is -3.40. The molecule has 2 rings (SSSR count). The highest BCUT2D eigenvalue weighted by Crippen LogP contribution is 2.21. The van der Waals surface area contributed by atoms with Crippen molar-refractivity contribution in [2.45, 2.75) is 25.7 Å². The molecular weight excluding hydrogens is 270 g/mol. The highest BCUT2D eigenvalue weighted by atomic mass is 32.2. The van der Waals surface area contributed by atoms with Gasteiger partial charge in [-0.25, -0.2) is 8.42 Å². The maximum absolute atomic E-state index is 12.5. The van der Waals surface area contributed by atoms with E-state index in [0.29, 0.717) is 18.0 Å². The molecule has 1 aliphatic heterocycles. The molecule has 0 saturated carbocycles. The lowest BCUT2D eigenvalue weighted by molar-refractivity contribution is 0.485. The van der Waals surface area contributed by atoms with Gasteiger partial charge >= 0.3 is 0 Å².